The normalized spacial score (nSPS) is 10.1. The fourth-order valence-corrected chi connectivity index (χ4v) is 1.67. The number of nitro groups is 1. The van der Waals surface area contributed by atoms with Crippen molar-refractivity contribution >= 4 is 28.9 Å². The number of benzene rings is 1. The molecule has 0 saturated heterocycles. The summed E-state index contributed by atoms with van der Waals surface area (Å²) >= 11 is 5.67. The maximum Gasteiger partial charge on any atom is 0.294 e. The van der Waals surface area contributed by atoms with E-state index in [1.165, 1.54) is 30.5 Å². The van der Waals surface area contributed by atoms with E-state index < -0.39 is 10.8 Å². The van der Waals surface area contributed by atoms with Crippen molar-refractivity contribution in [3.05, 3.63) is 67.6 Å². The Bertz CT molecular complexity index is 721. The van der Waals surface area contributed by atoms with Crippen molar-refractivity contribution in [1.29, 1.82) is 0 Å². The summed E-state index contributed by atoms with van der Waals surface area (Å²) < 4.78 is 0. The minimum atomic E-state index is -0.644. The number of carbonyl (C=O) groups is 1. The molecule has 0 aliphatic heterocycles. The lowest BCUT2D eigenvalue weighted by molar-refractivity contribution is -0.383. The molecule has 7 nitrogen and oxygen atoms in total. The van der Waals surface area contributed by atoms with Gasteiger partial charge >= 0.3 is 0 Å². The zero-order valence-corrected chi connectivity index (χ0v) is 10.7. The Morgan fingerprint density at radius 3 is 2.65 bits per heavy atom. The van der Waals surface area contributed by atoms with Crippen molar-refractivity contribution in [2.24, 2.45) is 0 Å². The van der Waals surface area contributed by atoms with E-state index in [0.717, 1.165) is 6.07 Å². The Morgan fingerprint density at radius 2 is 2.05 bits per heavy atom. The third kappa shape index (κ3) is 3.01. The minimum absolute atomic E-state index is 0.0237. The molecule has 0 saturated carbocycles. The van der Waals surface area contributed by atoms with Crippen LogP contribution in [0.3, 0.4) is 0 Å². The Labute approximate surface area is 117 Å². The number of anilines is 1. The van der Waals surface area contributed by atoms with Crippen molar-refractivity contribution in [2.45, 2.75) is 0 Å². The number of nitro benzene ring substituents is 1. The van der Waals surface area contributed by atoms with Crippen LogP contribution in [0.1, 0.15) is 10.4 Å². The molecule has 1 amide bonds. The van der Waals surface area contributed by atoms with Crippen LogP contribution >= 0.6 is 11.6 Å². The summed E-state index contributed by atoms with van der Waals surface area (Å²) in [6.45, 7) is 0. The third-order valence-electron chi connectivity index (χ3n) is 2.45. The van der Waals surface area contributed by atoms with Crippen LogP contribution in [-0.4, -0.2) is 15.8 Å². The van der Waals surface area contributed by atoms with Crippen LogP contribution in [0, 0.1) is 10.1 Å². The largest absolute Gasteiger partial charge is 0.328 e. The smallest absolute Gasteiger partial charge is 0.294 e. The predicted molar refractivity (Wildman–Crippen MR) is 73.1 cm³/mol. The average molecular weight is 294 g/mol. The number of aromatic amines is 1. The first-order valence-electron chi connectivity index (χ1n) is 5.41. The van der Waals surface area contributed by atoms with Gasteiger partial charge in [0.1, 0.15) is 5.69 Å². The molecule has 1 aromatic heterocycles. The van der Waals surface area contributed by atoms with Crippen LogP contribution in [0.15, 0.2) is 41.3 Å². The fraction of sp³-hybridized carbons (Fsp3) is 0. The number of hydrogen-bond donors (Lipinski definition) is 2. The molecule has 0 atom stereocenters. The van der Waals surface area contributed by atoms with Crippen LogP contribution in [-0.2, 0) is 0 Å². The van der Waals surface area contributed by atoms with Gasteiger partial charge in [0.05, 0.1) is 10.5 Å². The molecule has 1 aromatic carbocycles. The molecule has 0 radical (unpaired) electrons. The van der Waals surface area contributed by atoms with Crippen molar-refractivity contribution in [2.75, 3.05) is 5.32 Å². The highest BCUT2D eigenvalue weighted by molar-refractivity contribution is 6.31. The molecule has 8 heteroatoms. The monoisotopic (exact) mass is 293 g/mol. The minimum Gasteiger partial charge on any atom is -0.328 e. The fourth-order valence-electron chi connectivity index (χ4n) is 1.51. The molecule has 2 aromatic rings. The number of amides is 1. The van der Waals surface area contributed by atoms with Gasteiger partial charge in [0.2, 0.25) is 5.56 Å². The first-order chi connectivity index (χ1) is 9.47. The second kappa shape index (κ2) is 5.54. The third-order valence-corrected chi connectivity index (χ3v) is 2.69. The first kappa shape index (κ1) is 13.8. The Hall–Kier alpha value is -2.67. The molecule has 0 fully saturated rings. The van der Waals surface area contributed by atoms with Gasteiger partial charge in [0.25, 0.3) is 11.6 Å². The van der Waals surface area contributed by atoms with E-state index in [1.807, 2.05) is 0 Å². The number of pyridine rings is 1. The van der Waals surface area contributed by atoms with Gasteiger partial charge in [-0.2, -0.15) is 0 Å². The number of nitrogens with zero attached hydrogens (tertiary/aromatic N) is 1. The predicted octanol–water partition coefficient (Wildman–Crippen LogP) is 2.19. The molecule has 2 rings (SSSR count). The van der Waals surface area contributed by atoms with Crippen molar-refractivity contribution in [1.82, 2.24) is 4.98 Å². The molecule has 1 heterocycles. The van der Waals surface area contributed by atoms with Crippen LogP contribution in [0.4, 0.5) is 11.4 Å². The van der Waals surface area contributed by atoms with E-state index in [2.05, 4.69) is 10.3 Å². The summed E-state index contributed by atoms with van der Waals surface area (Å²) in [6.07, 6.45) is 1.22. The van der Waals surface area contributed by atoms with Crippen LogP contribution in [0.2, 0.25) is 5.02 Å². The first-order valence-corrected chi connectivity index (χ1v) is 5.79. The summed E-state index contributed by atoms with van der Waals surface area (Å²) in [6, 6.07) is 6.41. The maximum atomic E-state index is 11.9. The molecular formula is C12H8ClN3O4. The zero-order chi connectivity index (χ0) is 14.7. The Morgan fingerprint density at radius 1 is 1.30 bits per heavy atom. The quantitative estimate of drug-likeness (QED) is 0.668. The van der Waals surface area contributed by atoms with E-state index in [1.54, 1.807) is 0 Å². The van der Waals surface area contributed by atoms with Crippen LogP contribution < -0.4 is 10.9 Å². The number of halogens is 1. The lowest BCUT2D eigenvalue weighted by Gasteiger charge is -2.06. The highest BCUT2D eigenvalue weighted by Crippen LogP contribution is 2.27. The average Bonchev–Trinajstić information content (AvgIpc) is 2.41. The standard InChI is InChI=1S/C12H8ClN3O4/c13-8-2-3-9(10(5-8)16(19)20)15-12(18)7-1-4-11(17)14-6-7/h1-6H,(H,14,17)(H,15,18). The van der Waals surface area contributed by atoms with Gasteiger partial charge in [-0.25, -0.2) is 0 Å². The zero-order valence-electron chi connectivity index (χ0n) is 9.92. The molecule has 0 bridgehead atoms. The van der Waals surface area contributed by atoms with Gasteiger partial charge in [0, 0.05) is 23.4 Å². The van der Waals surface area contributed by atoms with Gasteiger partial charge in [-0.15, -0.1) is 0 Å². The summed E-state index contributed by atoms with van der Waals surface area (Å²) in [5.41, 5.74) is -0.459. The van der Waals surface area contributed by atoms with Crippen LogP contribution in [0.5, 0.6) is 0 Å². The van der Waals surface area contributed by atoms with Crippen molar-refractivity contribution < 1.29 is 9.72 Å². The van der Waals surface area contributed by atoms with Crippen molar-refractivity contribution in [3.63, 3.8) is 0 Å². The number of H-pyrrole nitrogens is 1. The lowest BCUT2D eigenvalue weighted by Crippen LogP contribution is -2.15. The number of hydrogen-bond acceptors (Lipinski definition) is 4. The van der Waals surface area contributed by atoms with Crippen molar-refractivity contribution in [3.8, 4) is 0 Å². The highest BCUT2D eigenvalue weighted by Gasteiger charge is 2.17. The van der Waals surface area contributed by atoms with Crippen LogP contribution in [0.25, 0.3) is 0 Å². The SMILES string of the molecule is O=C(Nc1ccc(Cl)cc1[N+](=O)[O-])c1ccc(=O)[nH]c1. The molecule has 102 valence electrons. The molecule has 2 N–H and O–H groups in total. The molecule has 20 heavy (non-hydrogen) atoms. The summed E-state index contributed by atoms with van der Waals surface area (Å²) in [5, 5.41) is 13.5. The maximum absolute atomic E-state index is 11.9. The molecule has 0 spiro atoms. The second-order valence-electron chi connectivity index (χ2n) is 3.81. The molecular weight excluding hydrogens is 286 g/mol. The van der Waals surface area contributed by atoms with Gasteiger partial charge in [-0.1, -0.05) is 11.6 Å². The molecule has 0 aliphatic carbocycles. The van der Waals surface area contributed by atoms with Gasteiger partial charge in [-0.3, -0.25) is 19.7 Å². The summed E-state index contributed by atoms with van der Waals surface area (Å²) in [7, 11) is 0. The summed E-state index contributed by atoms with van der Waals surface area (Å²) in [4.78, 5) is 35.4. The van der Waals surface area contributed by atoms with E-state index >= 15 is 0 Å². The van der Waals surface area contributed by atoms with E-state index in [0.29, 0.717) is 0 Å². The Balaban J connectivity index is 2.30. The lowest BCUT2D eigenvalue weighted by atomic mass is 10.2. The second-order valence-corrected chi connectivity index (χ2v) is 4.25. The highest BCUT2D eigenvalue weighted by atomic mass is 35.5. The van der Waals surface area contributed by atoms with E-state index in [9.17, 15) is 19.7 Å². The summed E-state index contributed by atoms with van der Waals surface area (Å²) in [5.74, 6) is -0.577. The van der Waals surface area contributed by atoms with E-state index in [4.69, 9.17) is 11.6 Å². The topological polar surface area (TPSA) is 105 Å². The molecule has 0 aliphatic rings. The number of carbonyl (C=O) groups excluding carboxylic acids is 1. The van der Waals surface area contributed by atoms with Gasteiger partial charge < -0.3 is 10.3 Å². The van der Waals surface area contributed by atoms with Gasteiger partial charge in [-0.05, 0) is 18.2 Å². The number of aromatic nitrogens is 1. The molecule has 0 unspecified atom stereocenters. The van der Waals surface area contributed by atoms with E-state index in [-0.39, 0.29) is 27.5 Å². The Kier molecular flexibility index (Phi) is 3.81. The number of rotatable bonds is 3. The number of nitrogens with one attached hydrogen (secondary N) is 2. The van der Waals surface area contributed by atoms with Gasteiger partial charge in [0.15, 0.2) is 0 Å².